The molecule has 0 radical (unpaired) electrons. The van der Waals surface area contributed by atoms with E-state index in [1.807, 2.05) is 25.1 Å². The second kappa shape index (κ2) is 6.94. The van der Waals surface area contributed by atoms with Crippen LogP contribution in [-0.4, -0.2) is 27.2 Å². The maximum absolute atomic E-state index is 14.0. The van der Waals surface area contributed by atoms with Crippen LogP contribution in [0.25, 0.3) is 10.2 Å². The van der Waals surface area contributed by atoms with E-state index in [1.165, 1.54) is 29.2 Å². The Labute approximate surface area is 162 Å². The lowest BCUT2D eigenvalue weighted by atomic mass is 10.1. The summed E-state index contributed by atoms with van der Waals surface area (Å²) in [5.74, 6) is -1.62. The number of carbonyl (C=O) groups excluding carboxylic acids is 1. The number of nitrogens with zero attached hydrogens (tertiary/aromatic N) is 2. The summed E-state index contributed by atoms with van der Waals surface area (Å²) in [6.45, 7) is 2.12. The van der Waals surface area contributed by atoms with E-state index >= 15 is 0 Å². The summed E-state index contributed by atoms with van der Waals surface area (Å²) in [5, 5.41) is 9.06. The minimum absolute atomic E-state index is 0.185. The number of thiazole rings is 1. The number of benzene rings is 2. The Bertz CT molecular complexity index is 1070. The van der Waals surface area contributed by atoms with Crippen molar-refractivity contribution in [2.24, 2.45) is 0 Å². The van der Waals surface area contributed by atoms with Crippen molar-refractivity contribution in [1.29, 1.82) is 0 Å². The molecule has 2 heterocycles. The second-order valence-corrected chi connectivity index (χ2v) is 8.62. The summed E-state index contributed by atoms with van der Waals surface area (Å²) in [6.07, 6.45) is -0.248. The van der Waals surface area contributed by atoms with Crippen molar-refractivity contribution in [3.8, 4) is 0 Å². The topological polar surface area (TPSA) is 70.5 Å². The van der Waals surface area contributed by atoms with Crippen LogP contribution in [-0.2, 0) is 16.1 Å². The highest BCUT2D eigenvalue weighted by molar-refractivity contribution is 8.01. The average molecular weight is 402 g/mol. The first-order valence-electron chi connectivity index (χ1n) is 8.27. The van der Waals surface area contributed by atoms with Crippen LogP contribution in [0.3, 0.4) is 0 Å². The number of hydrogen-bond donors (Lipinski definition) is 1. The lowest BCUT2D eigenvalue weighted by molar-refractivity contribution is -0.138. The standard InChI is InChI=1S/C19H15FN2O3S2/c1-10-5-6-14-13(7-10)22(19(25)15(26-14)8-17(23)24)9-16-21-12-4-2-3-11(20)18(12)27-16/h2-7,15H,8-9H2,1H3,(H,23,24). The zero-order valence-corrected chi connectivity index (χ0v) is 15.9. The molecule has 0 saturated carbocycles. The van der Waals surface area contributed by atoms with Gasteiger partial charge in [-0.1, -0.05) is 12.1 Å². The third kappa shape index (κ3) is 3.42. The number of anilines is 1. The SMILES string of the molecule is Cc1ccc2c(c1)N(Cc1nc3cccc(F)c3s1)C(=O)C(CC(=O)O)S2. The fraction of sp³-hybridized carbons (Fsp3) is 0.211. The molecule has 0 aliphatic carbocycles. The minimum Gasteiger partial charge on any atom is -0.481 e. The zero-order chi connectivity index (χ0) is 19.1. The number of carboxylic acid groups (broad SMARTS) is 1. The number of thioether (sulfide) groups is 1. The maximum Gasteiger partial charge on any atom is 0.305 e. The van der Waals surface area contributed by atoms with Gasteiger partial charge in [-0.05, 0) is 36.8 Å². The molecule has 1 aromatic heterocycles. The van der Waals surface area contributed by atoms with Gasteiger partial charge in [0.1, 0.15) is 10.8 Å². The number of rotatable bonds is 4. The normalized spacial score (nSPS) is 16.6. The number of hydrogen-bond acceptors (Lipinski definition) is 5. The van der Waals surface area contributed by atoms with Gasteiger partial charge < -0.3 is 10.0 Å². The first-order chi connectivity index (χ1) is 12.9. The Morgan fingerprint density at radius 2 is 2.15 bits per heavy atom. The van der Waals surface area contributed by atoms with Gasteiger partial charge in [0.25, 0.3) is 0 Å². The minimum atomic E-state index is -1.02. The third-order valence-electron chi connectivity index (χ3n) is 4.28. The summed E-state index contributed by atoms with van der Waals surface area (Å²) < 4.78 is 14.4. The largest absolute Gasteiger partial charge is 0.481 e. The molecule has 27 heavy (non-hydrogen) atoms. The van der Waals surface area contributed by atoms with Gasteiger partial charge in [0.2, 0.25) is 5.91 Å². The van der Waals surface area contributed by atoms with Crippen LogP contribution in [0.4, 0.5) is 10.1 Å². The van der Waals surface area contributed by atoms with Crippen molar-refractivity contribution in [2.75, 3.05) is 4.90 Å². The van der Waals surface area contributed by atoms with E-state index in [1.54, 1.807) is 17.0 Å². The Kier molecular flexibility index (Phi) is 4.61. The van der Waals surface area contributed by atoms with Gasteiger partial charge in [-0.2, -0.15) is 0 Å². The lowest BCUT2D eigenvalue weighted by Crippen LogP contribution is -2.41. The van der Waals surface area contributed by atoms with Crippen molar-refractivity contribution in [2.45, 2.75) is 30.0 Å². The number of aromatic nitrogens is 1. The molecule has 0 spiro atoms. The zero-order valence-electron chi connectivity index (χ0n) is 14.3. The fourth-order valence-corrected chi connectivity index (χ4v) is 5.20. The number of halogens is 1. The van der Waals surface area contributed by atoms with Crippen LogP contribution < -0.4 is 4.90 Å². The maximum atomic E-state index is 14.0. The van der Waals surface area contributed by atoms with Gasteiger partial charge in [0.15, 0.2) is 0 Å². The molecule has 5 nitrogen and oxygen atoms in total. The average Bonchev–Trinajstić information content (AvgIpc) is 3.03. The van der Waals surface area contributed by atoms with Gasteiger partial charge in [-0.25, -0.2) is 9.37 Å². The Hall–Kier alpha value is -2.45. The van der Waals surface area contributed by atoms with Crippen molar-refractivity contribution < 1.29 is 19.1 Å². The van der Waals surface area contributed by atoms with Crippen molar-refractivity contribution in [3.63, 3.8) is 0 Å². The lowest BCUT2D eigenvalue weighted by Gasteiger charge is -2.33. The number of fused-ring (bicyclic) bond motifs is 2. The molecule has 8 heteroatoms. The molecule has 1 atom stereocenters. The molecule has 1 N–H and O–H groups in total. The van der Waals surface area contributed by atoms with E-state index in [-0.39, 0.29) is 24.7 Å². The van der Waals surface area contributed by atoms with Crippen LogP contribution in [0.15, 0.2) is 41.3 Å². The summed E-state index contributed by atoms with van der Waals surface area (Å²) >= 11 is 2.49. The Balaban J connectivity index is 1.74. The number of aliphatic carboxylic acids is 1. The quantitative estimate of drug-likeness (QED) is 0.707. The monoisotopic (exact) mass is 402 g/mol. The smallest absolute Gasteiger partial charge is 0.305 e. The van der Waals surface area contributed by atoms with Crippen molar-refractivity contribution in [3.05, 3.63) is 52.8 Å². The highest BCUT2D eigenvalue weighted by Gasteiger charge is 2.35. The van der Waals surface area contributed by atoms with E-state index < -0.39 is 11.2 Å². The molecule has 3 aromatic rings. The summed E-state index contributed by atoms with van der Waals surface area (Å²) in [5.41, 5.74) is 2.30. The molecule has 1 amide bonds. The molecular formula is C19H15FN2O3S2. The Morgan fingerprint density at radius 3 is 2.89 bits per heavy atom. The Morgan fingerprint density at radius 1 is 1.33 bits per heavy atom. The molecule has 0 bridgehead atoms. The first kappa shape index (κ1) is 17.9. The summed E-state index contributed by atoms with van der Waals surface area (Å²) in [4.78, 5) is 31.0. The second-order valence-electron chi connectivity index (χ2n) is 6.30. The van der Waals surface area contributed by atoms with Crippen LogP contribution in [0.2, 0.25) is 0 Å². The molecule has 4 rings (SSSR count). The van der Waals surface area contributed by atoms with Crippen LogP contribution in [0.5, 0.6) is 0 Å². The van der Waals surface area contributed by atoms with Gasteiger partial charge >= 0.3 is 5.97 Å². The molecule has 1 unspecified atom stereocenters. The van der Waals surface area contributed by atoms with Crippen LogP contribution in [0, 0.1) is 12.7 Å². The summed E-state index contributed by atoms with van der Waals surface area (Å²) in [7, 11) is 0. The van der Waals surface area contributed by atoms with Gasteiger partial charge in [-0.3, -0.25) is 9.59 Å². The highest BCUT2D eigenvalue weighted by atomic mass is 32.2. The van der Waals surface area contributed by atoms with Crippen LogP contribution >= 0.6 is 23.1 Å². The molecule has 1 aliphatic rings. The molecule has 2 aromatic carbocycles. The third-order valence-corrected chi connectivity index (χ3v) is 6.60. The molecular weight excluding hydrogens is 387 g/mol. The van der Waals surface area contributed by atoms with Crippen molar-refractivity contribution in [1.82, 2.24) is 4.98 Å². The first-order valence-corrected chi connectivity index (χ1v) is 9.96. The van der Waals surface area contributed by atoms with E-state index in [2.05, 4.69) is 4.98 Å². The highest BCUT2D eigenvalue weighted by Crippen LogP contribution is 2.42. The number of carbonyl (C=O) groups is 2. The molecule has 138 valence electrons. The van der Waals surface area contributed by atoms with E-state index in [9.17, 15) is 14.0 Å². The summed E-state index contributed by atoms with van der Waals surface area (Å²) in [6, 6.07) is 10.5. The number of amides is 1. The van der Waals surface area contributed by atoms with Gasteiger partial charge in [0.05, 0.1) is 34.1 Å². The van der Waals surface area contributed by atoms with Crippen LogP contribution in [0.1, 0.15) is 17.0 Å². The number of aryl methyl sites for hydroxylation is 1. The number of carboxylic acids is 1. The van der Waals surface area contributed by atoms with E-state index in [0.717, 1.165) is 16.1 Å². The molecule has 1 aliphatic heterocycles. The van der Waals surface area contributed by atoms with Gasteiger partial charge in [0, 0.05) is 4.90 Å². The van der Waals surface area contributed by atoms with E-state index in [0.29, 0.717) is 15.2 Å². The predicted octanol–water partition coefficient (Wildman–Crippen LogP) is 4.23. The van der Waals surface area contributed by atoms with Gasteiger partial charge in [-0.15, -0.1) is 23.1 Å². The van der Waals surface area contributed by atoms with E-state index in [4.69, 9.17) is 5.11 Å². The molecule has 0 fully saturated rings. The fourth-order valence-electron chi connectivity index (χ4n) is 3.05. The van der Waals surface area contributed by atoms with Crippen molar-refractivity contribution >= 4 is 50.9 Å². The predicted molar refractivity (Wildman–Crippen MR) is 104 cm³/mol. The molecule has 0 saturated heterocycles.